The lowest BCUT2D eigenvalue weighted by Gasteiger charge is -2.19. The van der Waals surface area contributed by atoms with Gasteiger partial charge in [-0.15, -0.1) is 0 Å². The zero-order valence-electron chi connectivity index (χ0n) is 14.9. The van der Waals surface area contributed by atoms with Crippen LogP contribution in [-0.2, 0) is 5.54 Å². The number of halogens is 1. The van der Waals surface area contributed by atoms with Crippen LogP contribution in [-0.4, -0.2) is 27.4 Å². The lowest BCUT2D eigenvalue weighted by atomic mass is 10.1. The van der Waals surface area contributed by atoms with Gasteiger partial charge in [0, 0.05) is 17.2 Å². The van der Waals surface area contributed by atoms with Gasteiger partial charge in [-0.2, -0.15) is 0 Å². The van der Waals surface area contributed by atoms with Crippen molar-refractivity contribution in [1.82, 2.24) is 5.32 Å². The summed E-state index contributed by atoms with van der Waals surface area (Å²) in [7, 11) is 4.59. The minimum atomic E-state index is -0.338. The number of nitrogens with one attached hydrogen (secondary N) is 2. The molecule has 2 amide bonds. The van der Waals surface area contributed by atoms with Crippen LogP contribution in [0.4, 0.5) is 10.5 Å². The number of carbonyl (C=O) groups is 1. The van der Waals surface area contributed by atoms with Gasteiger partial charge in [0.1, 0.15) is 0 Å². The van der Waals surface area contributed by atoms with E-state index in [-0.39, 0.29) is 11.6 Å². The van der Waals surface area contributed by atoms with Crippen molar-refractivity contribution in [3.8, 4) is 17.2 Å². The van der Waals surface area contributed by atoms with Gasteiger partial charge in [-0.1, -0.05) is 23.7 Å². The number of carbonyl (C=O) groups excluding carboxylic acids is 1. The van der Waals surface area contributed by atoms with Crippen LogP contribution in [0.5, 0.6) is 17.2 Å². The summed E-state index contributed by atoms with van der Waals surface area (Å²) in [5.41, 5.74) is 1.25. The Bertz CT molecular complexity index is 779. The van der Waals surface area contributed by atoms with E-state index in [2.05, 4.69) is 10.6 Å². The summed E-state index contributed by atoms with van der Waals surface area (Å²) >= 11 is 5.94. The average molecular weight is 377 g/mol. The van der Waals surface area contributed by atoms with Crippen molar-refractivity contribution in [2.75, 3.05) is 26.6 Å². The Morgan fingerprint density at radius 2 is 1.58 bits per heavy atom. The first-order chi connectivity index (χ1) is 12.5. The molecule has 0 bridgehead atoms. The Hall–Kier alpha value is -2.60. The van der Waals surface area contributed by atoms with Gasteiger partial charge in [-0.25, -0.2) is 4.79 Å². The Morgan fingerprint density at radius 1 is 1.00 bits per heavy atom. The molecule has 26 heavy (non-hydrogen) atoms. The standard InChI is InChI=1S/C19H21ClN2O4/c1-24-15-10-14(11-16(25-2)17(15)26-3)21-18(23)22-19(8-9-19)12-4-6-13(20)7-5-12/h4-7,10-11H,8-9H2,1-3H3,(H2,21,22,23). The number of anilines is 1. The summed E-state index contributed by atoms with van der Waals surface area (Å²) in [6.45, 7) is 0. The van der Waals surface area contributed by atoms with Crippen LogP contribution >= 0.6 is 11.6 Å². The van der Waals surface area contributed by atoms with E-state index < -0.39 is 0 Å². The molecular weight excluding hydrogens is 356 g/mol. The summed E-state index contributed by atoms with van der Waals surface area (Å²) in [5, 5.41) is 6.55. The highest BCUT2D eigenvalue weighted by Crippen LogP contribution is 2.46. The van der Waals surface area contributed by atoms with E-state index in [1.165, 1.54) is 21.3 Å². The van der Waals surface area contributed by atoms with E-state index in [9.17, 15) is 4.79 Å². The molecule has 1 saturated carbocycles. The Labute approximate surface area is 157 Å². The minimum Gasteiger partial charge on any atom is -0.493 e. The number of urea groups is 1. The maximum absolute atomic E-state index is 12.5. The third kappa shape index (κ3) is 3.65. The number of methoxy groups -OCH3 is 3. The SMILES string of the molecule is COc1cc(NC(=O)NC2(c3ccc(Cl)cc3)CC2)cc(OC)c1OC. The molecule has 3 rings (SSSR count). The molecule has 2 N–H and O–H groups in total. The summed E-state index contributed by atoms with van der Waals surface area (Å²) in [6.07, 6.45) is 1.77. The van der Waals surface area contributed by atoms with Crippen LogP contribution in [0.15, 0.2) is 36.4 Å². The first-order valence-corrected chi connectivity index (χ1v) is 8.54. The van der Waals surface area contributed by atoms with E-state index in [1.807, 2.05) is 24.3 Å². The second-order valence-electron chi connectivity index (χ2n) is 6.08. The molecule has 1 fully saturated rings. The molecule has 0 aromatic heterocycles. The van der Waals surface area contributed by atoms with E-state index >= 15 is 0 Å². The van der Waals surface area contributed by atoms with Gasteiger partial charge in [0.15, 0.2) is 11.5 Å². The topological polar surface area (TPSA) is 68.8 Å². The normalized spacial score (nSPS) is 14.3. The fourth-order valence-electron chi connectivity index (χ4n) is 2.91. The molecule has 1 aliphatic rings. The molecule has 0 atom stereocenters. The van der Waals surface area contributed by atoms with Crippen LogP contribution in [0.1, 0.15) is 18.4 Å². The lowest BCUT2D eigenvalue weighted by Crippen LogP contribution is -2.38. The first kappa shape index (κ1) is 18.2. The Morgan fingerprint density at radius 3 is 2.04 bits per heavy atom. The fraction of sp³-hybridized carbons (Fsp3) is 0.316. The number of ether oxygens (including phenoxy) is 3. The van der Waals surface area contributed by atoms with Gasteiger partial charge in [-0.3, -0.25) is 0 Å². The number of hydrogen-bond acceptors (Lipinski definition) is 4. The van der Waals surface area contributed by atoms with Gasteiger partial charge < -0.3 is 24.8 Å². The molecule has 0 saturated heterocycles. The molecule has 0 unspecified atom stereocenters. The second kappa shape index (κ2) is 7.33. The van der Waals surface area contributed by atoms with Crippen LogP contribution in [0.25, 0.3) is 0 Å². The minimum absolute atomic E-state index is 0.299. The van der Waals surface area contributed by atoms with Crippen LogP contribution in [0.2, 0.25) is 5.02 Å². The maximum atomic E-state index is 12.5. The van der Waals surface area contributed by atoms with E-state index in [4.69, 9.17) is 25.8 Å². The van der Waals surface area contributed by atoms with Gasteiger partial charge in [-0.05, 0) is 30.5 Å². The summed E-state index contributed by atoms with van der Waals surface area (Å²) in [4.78, 5) is 12.5. The predicted octanol–water partition coefficient (Wildman–Crippen LogP) is 4.18. The number of benzene rings is 2. The molecule has 0 radical (unpaired) electrons. The molecular formula is C19H21ClN2O4. The van der Waals surface area contributed by atoms with E-state index in [0.29, 0.717) is 28.0 Å². The molecule has 6 nitrogen and oxygen atoms in total. The quantitative estimate of drug-likeness (QED) is 0.793. The van der Waals surface area contributed by atoms with Crippen LogP contribution in [0, 0.1) is 0 Å². The summed E-state index contributed by atoms with van der Waals surface area (Å²) in [6, 6.07) is 10.6. The zero-order valence-corrected chi connectivity index (χ0v) is 15.6. The molecule has 0 heterocycles. The van der Waals surface area contributed by atoms with Crippen molar-refractivity contribution in [3.63, 3.8) is 0 Å². The van der Waals surface area contributed by atoms with Gasteiger partial charge in [0.25, 0.3) is 0 Å². The third-order valence-corrected chi connectivity index (χ3v) is 4.67. The highest BCUT2D eigenvalue weighted by molar-refractivity contribution is 6.30. The molecule has 138 valence electrons. The third-order valence-electron chi connectivity index (χ3n) is 4.42. The number of hydrogen-bond donors (Lipinski definition) is 2. The molecule has 0 spiro atoms. The zero-order chi connectivity index (χ0) is 18.7. The van der Waals surface area contributed by atoms with Crippen molar-refractivity contribution in [3.05, 3.63) is 47.0 Å². The van der Waals surface area contributed by atoms with Crippen molar-refractivity contribution in [2.45, 2.75) is 18.4 Å². The highest BCUT2D eigenvalue weighted by Gasteiger charge is 2.45. The van der Waals surface area contributed by atoms with Crippen LogP contribution in [0.3, 0.4) is 0 Å². The average Bonchev–Trinajstić information content (AvgIpc) is 3.41. The molecule has 1 aliphatic carbocycles. The van der Waals surface area contributed by atoms with Gasteiger partial charge in [0.2, 0.25) is 5.75 Å². The molecule has 0 aliphatic heterocycles. The molecule has 2 aromatic carbocycles. The summed E-state index contributed by atoms with van der Waals surface area (Å²) in [5.74, 6) is 1.42. The maximum Gasteiger partial charge on any atom is 0.319 e. The molecule has 2 aromatic rings. The highest BCUT2D eigenvalue weighted by atomic mass is 35.5. The van der Waals surface area contributed by atoms with E-state index in [0.717, 1.165) is 18.4 Å². The van der Waals surface area contributed by atoms with Crippen molar-refractivity contribution in [2.24, 2.45) is 0 Å². The van der Waals surface area contributed by atoms with Crippen molar-refractivity contribution >= 4 is 23.3 Å². The summed E-state index contributed by atoms with van der Waals surface area (Å²) < 4.78 is 15.9. The largest absolute Gasteiger partial charge is 0.493 e. The predicted molar refractivity (Wildman–Crippen MR) is 101 cm³/mol. The smallest absolute Gasteiger partial charge is 0.319 e. The number of amides is 2. The first-order valence-electron chi connectivity index (χ1n) is 8.16. The molecule has 7 heteroatoms. The van der Waals surface area contributed by atoms with Crippen molar-refractivity contribution in [1.29, 1.82) is 0 Å². The number of rotatable bonds is 6. The monoisotopic (exact) mass is 376 g/mol. The van der Waals surface area contributed by atoms with Gasteiger partial charge in [0.05, 0.1) is 32.6 Å². The second-order valence-corrected chi connectivity index (χ2v) is 6.52. The van der Waals surface area contributed by atoms with Gasteiger partial charge >= 0.3 is 6.03 Å². The Balaban J connectivity index is 1.75. The fourth-order valence-corrected chi connectivity index (χ4v) is 3.04. The lowest BCUT2D eigenvalue weighted by molar-refractivity contribution is 0.247. The van der Waals surface area contributed by atoms with E-state index in [1.54, 1.807) is 12.1 Å². The van der Waals surface area contributed by atoms with Crippen LogP contribution < -0.4 is 24.8 Å². The Kier molecular flexibility index (Phi) is 5.13. The van der Waals surface area contributed by atoms with Crippen molar-refractivity contribution < 1.29 is 19.0 Å².